The van der Waals surface area contributed by atoms with Gasteiger partial charge in [-0.3, -0.25) is 4.79 Å². The summed E-state index contributed by atoms with van der Waals surface area (Å²) in [5.74, 6) is -1.19. The second kappa shape index (κ2) is 7.77. The molecule has 3 aromatic rings. The van der Waals surface area contributed by atoms with Crippen molar-refractivity contribution in [1.29, 1.82) is 5.26 Å². The van der Waals surface area contributed by atoms with Crippen LogP contribution in [0.4, 0.5) is 5.69 Å². The van der Waals surface area contributed by atoms with Gasteiger partial charge in [0.15, 0.2) is 0 Å². The van der Waals surface area contributed by atoms with E-state index in [-0.39, 0.29) is 12.3 Å². The summed E-state index contributed by atoms with van der Waals surface area (Å²) in [5.41, 5.74) is 5.26. The van der Waals surface area contributed by atoms with Gasteiger partial charge in [0.1, 0.15) is 11.1 Å². The summed E-state index contributed by atoms with van der Waals surface area (Å²) in [7, 11) is 0. The first-order valence-corrected chi connectivity index (χ1v) is 9.09. The largest absolute Gasteiger partial charge is 0.324 e. The van der Waals surface area contributed by atoms with Gasteiger partial charge in [0.2, 0.25) is 5.91 Å². The van der Waals surface area contributed by atoms with Gasteiger partial charge in [0.25, 0.3) is 0 Å². The molecular weight excluding hydrogens is 358 g/mol. The van der Waals surface area contributed by atoms with Gasteiger partial charge in [-0.25, -0.2) is 4.98 Å². The molecule has 0 saturated carbocycles. The van der Waals surface area contributed by atoms with Gasteiger partial charge in [-0.15, -0.1) is 0 Å². The number of hydrogen-bond donors (Lipinski definition) is 1. The third-order valence-corrected chi connectivity index (χ3v) is 4.95. The van der Waals surface area contributed by atoms with E-state index in [0.717, 1.165) is 33.3 Å². The van der Waals surface area contributed by atoms with Crippen molar-refractivity contribution in [2.45, 2.75) is 27.2 Å². The van der Waals surface area contributed by atoms with Crippen molar-refractivity contribution < 1.29 is 4.79 Å². The van der Waals surface area contributed by atoms with Gasteiger partial charge < -0.3 is 5.32 Å². The maximum Gasteiger partial charge on any atom is 0.242 e. The summed E-state index contributed by atoms with van der Waals surface area (Å²) in [6, 6.07) is 15.7. The van der Waals surface area contributed by atoms with Gasteiger partial charge in [-0.05, 0) is 55.2 Å². The lowest BCUT2D eigenvalue weighted by Gasteiger charge is -2.15. The number of aryl methyl sites for hydroxylation is 3. The fourth-order valence-corrected chi connectivity index (χ4v) is 3.30. The molecule has 0 unspecified atom stereocenters. The Morgan fingerprint density at radius 2 is 1.89 bits per heavy atom. The number of pyridine rings is 1. The van der Waals surface area contributed by atoms with Gasteiger partial charge in [-0.2, -0.15) is 5.26 Å². The van der Waals surface area contributed by atoms with Crippen molar-refractivity contribution in [2.75, 3.05) is 5.32 Å². The number of nitrogens with zero attached hydrogens (tertiary/aromatic N) is 2. The fraction of sp³-hybridized carbons (Fsp3) is 0.227. The summed E-state index contributed by atoms with van der Waals surface area (Å²) in [6.07, 6.45) is 0.211. The van der Waals surface area contributed by atoms with Crippen LogP contribution in [0.3, 0.4) is 0 Å². The van der Waals surface area contributed by atoms with Crippen LogP contribution in [-0.4, -0.2) is 10.9 Å². The molecule has 0 fully saturated rings. The van der Waals surface area contributed by atoms with Crippen LogP contribution >= 0.6 is 11.6 Å². The second-order valence-electron chi connectivity index (χ2n) is 6.78. The first-order valence-electron chi connectivity index (χ1n) is 8.71. The van der Waals surface area contributed by atoms with E-state index < -0.39 is 5.92 Å². The Morgan fingerprint density at radius 1 is 1.19 bits per heavy atom. The highest BCUT2D eigenvalue weighted by Gasteiger charge is 2.21. The third-order valence-electron chi connectivity index (χ3n) is 4.62. The lowest BCUT2D eigenvalue weighted by molar-refractivity contribution is -0.118. The first-order chi connectivity index (χ1) is 12.9. The summed E-state index contributed by atoms with van der Waals surface area (Å²) >= 11 is 6.32. The van der Waals surface area contributed by atoms with Gasteiger partial charge in [-0.1, -0.05) is 41.9 Å². The van der Waals surface area contributed by atoms with E-state index in [1.165, 1.54) is 0 Å². The van der Waals surface area contributed by atoms with Crippen LogP contribution in [0.15, 0.2) is 42.5 Å². The minimum Gasteiger partial charge on any atom is -0.324 e. The molecule has 5 heteroatoms. The number of para-hydroxylation sites is 1. The number of nitrogens with one attached hydrogen (secondary N) is 1. The van der Waals surface area contributed by atoms with E-state index in [4.69, 9.17) is 11.6 Å². The van der Waals surface area contributed by atoms with Crippen LogP contribution in [0.25, 0.3) is 10.9 Å². The molecule has 0 aliphatic heterocycles. The number of carbonyl (C=O) groups is 1. The molecular formula is C22H20ClN3O. The SMILES string of the molecule is Cc1ccc2cc(C[C@@H](C#N)C(=O)Nc3c(C)cccc3C)c(Cl)nc2c1. The van der Waals surface area contributed by atoms with E-state index in [2.05, 4.69) is 16.4 Å². The van der Waals surface area contributed by atoms with Crippen molar-refractivity contribution >= 4 is 34.1 Å². The number of benzene rings is 2. The number of nitriles is 1. The molecule has 3 rings (SSSR count). The van der Waals surface area contributed by atoms with E-state index in [1.54, 1.807) is 0 Å². The number of aromatic nitrogens is 1. The average molecular weight is 378 g/mol. The van der Waals surface area contributed by atoms with Crippen molar-refractivity contribution in [1.82, 2.24) is 4.98 Å². The topological polar surface area (TPSA) is 65.8 Å². The zero-order valence-corrected chi connectivity index (χ0v) is 16.3. The normalized spacial score (nSPS) is 11.8. The molecule has 0 aliphatic carbocycles. The lowest BCUT2D eigenvalue weighted by atomic mass is 9.99. The molecule has 2 aromatic carbocycles. The average Bonchev–Trinajstić information content (AvgIpc) is 2.63. The minimum atomic E-state index is -0.855. The molecule has 4 nitrogen and oxygen atoms in total. The Hall–Kier alpha value is -2.90. The standard InChI is InChI=1S/C22H20ClN3O/c1-13-7-8-16-10-17(21(23)25-19(16)9-13)11-18(12-24)22(27)26-20-14(2)5-4-6-15(20)3/h4-10,18H,11H2,1-3H3,(H,26,27)/t18-/m0/s1. The highest BCUT2D eigenvalue weighted by molar-refractivity contribution is 6.30. The van der Waals surface area contributed by atoms with Crippen molar-refractivity contribution in [2.24, 2.45) is 5.92 Å². The molecule has 0 radical (unpaired) electrons. The summed E-state index contributed by atoms with van der Waals surface area (Å²) in [6.45, 7) is 5.85. The van der Waals surface area contributed by atoms with E-state index in [1.807, 2.05) is 63.2 Å². The minimum absolute atomic E-state index is 0.211. The maximum atomic E-state index is 12.7. The number of carbonyl (C=O) groups excluding carboxylic acids is 1. The van der Waals surface area contributed by atoms with Crippen LogP contribution in [0.5, 0.6) is 0 Å². The summed E-state index contributed by atoms with van der Waals surface area (Å²) in [4.78, 5) is 17.1. The van der Waals surface area contributed by atoms with Crippen LogP contribution < -0.4 is 5.32 Å². The van der Waals surface area contributed by atoms with Crippen LogP contribution in [-0.2, 0) is 11.2 Å². The van der Waals surface area contributed by atoms with Crippen LogP contribution in [0.2, 0.25) is 5.15 Å². The van der Waals surface area contributed by atoms with Crippen molar-refractivity contribution in [3.8, 4) is 6.07 Å². The lowest BCUT2D eigenvalue weighted by Crippen LogP contribution is -2.24. The molecule has 0 spiro atoms. The van der Waals surface area contributed by atoms with Crippen LogP contribution in [0, 0.1) is 38.0 Å². The predicted molar refractivity (Wildman–Crippen MR) is 109 cm³/mol. The second-order valence-corrected chi connectivity index (χ2v) is 7.13. The smallest absolute Gasteiger partial charge is 0.242 e. The highest BCUT2D eigenvalue weighted by Crippen LogP contribution is 2.25. The van der Waals surface area contributed by atoms with Crippen molar-refractivity contribution in [3.05, 3.63) is 69.9 Å². The fourth-order valence-electron chi connectivity index (χ4n) is 3.08. The zero-order chi connectivity index (χ0) is 19.6. The molecule has 0 saturated heterocycles. The molecule has 27 heavy (non-hydrogen) atoms. The maximum absolute atomic E-state index is 12.7. The number of amides is 1. The van der Waals surface area contributed by atoms with Gasteiger partial charge >= 0.3 is 0 Å². The Bertz CT molecular complexity index is 1050. The number of fused-ring (bicyclic) bond motifs is 1. The zero-order valence-electron chi connectivity index (χ0n) is 15.5. The van der Waals surface area contributed by atoms with E-state index >= 15 is 0 Å². The summed E-state index contributed by atoms with van der Waals surface area (Å²) in [5, 5.41) is 13.7. The monoisotopic (exact) mass is 377 g/mol. The Kier molecular flexibility index (Phi) is 5.43. The Labute approximate surface area is 163 Å². The number of hydrogen-bond acceptors (Lipinski definition) is 3. The number of anilines is 1. The van der Waals surface area contributed by atoms with E-state index in [9.17, 15) is 10.1 Å². The number of rotatable bonds is 4. The summed E-state index contributed by atoms with van der Waals surface area (Å²) < 4.78 is 0. The first kappa shape index (κ1) is 18.9. The molecule has 0 bridgehead atoms. The predicted octanol–water partition coefficient (Wildman–Crippen LogP) is 5.13. The molecule has 1 atom stereocenters. The molecule has 1 N–H and O–H groups in total. The van der Waals surface area contributed by atoms with Crippen molar-refractivity contribution in [3.63, 3.8) is 0 Å². The highest BCUT2D eigenvalue weighted by atomic mass is 35.5. The Morgan fingerprint density at radius 3 is 2.56 bits per heavy atom. The van der Waals surface area contributed by atoms with Gasteiger partial charge in [0, 0.05) is 17.5 Å². The van der Waals surface area contributed by atoms with E-state index in [0.29, 0.717) is 10.7 Å². The molecule has 1 heterocycles. The third kappa shape index (κ3) is 4.10. The van der Waals surface area contributed by atoms with Gasteiger partial charge in [0.05, 0.1) is 11.6 Å². The molecule has 0 aliphatic rings. The molecule has 1 amide bonds. The quantitative estimate of drug-likeness (QED) is 0.640. The number of halogens is 1. The van der Waals surface area contributed by atoms with Crippen LogP contribution in [0.1, 0.15) is 22.3 Å². The molecule has 1 aromatic heterocycles. The molecule has 136 valence electrons. The Balaban J connectivity index is 1.85.